The summed E-state index contributed by atoms with van der Waals surface area (Å²) in [6.45, 7) is 8.34. The first-order chi connectivity index (χ1) is 12.8. The van der Waals surface area contributed by atoms with Gasteiger partial charge in [0.05, 0.1) is 13.2 Å². The molecule has 0 aliphatic carbocycles. The van der Waals surface area contributed by atoms with Gasteiger partial charge in [0, 0.05) is 32.3 Å². The van der Waals surface area contributed by atoms with Gasteiger partial charge in [-0.05, 0) is 24.8 Å². The number of unbranched alkanes of at least 4 members (excludes halogenated alkanes) is 1. The van der Waals surface area contributed by atoms with Crippen LogP contribution in [0, 0.1) is 5.92 Å². The van der Waals surface area contributed by atoms with Crippen molar-refractivity contribution in [3.8, 4) is 0 Å². The summed E-state index contributed by atoms with van der Waals surface area (Å²) < 4.78 is 15.8. The lowest BCUT2D eigenvalue weighted by Gasteiger charge is -2.28. The number of carbonyl (C=O) groups excluding carboxylic acids is 3. The van der Waals surface area contributed by atoms with E-state index in [1.807, 2.05) is 24.3 Å². The lowest BCUT2D eigenvalue weighted by atomic mass is 9.89. The van der Waals surface area contributed by atoms with Gasteiger partial charge in [-0.25, -0.2) is 0 Å². The molecule has 2 unspecified atom stereocenters. The maximum atomic E-state index is 11.7. The van der Waals surface area contributed by atoms with Crippen LogP contribution in [0.4, 0.5) is 0 Å². The Balaban J connectivity index is 2.98. The van der Waals surface area contributed by atoms with Crippen LogP contribution in [0.25, 0.3) is 6.08 Å². The number of esters is 3. The molecule has 0 spiro atoms. The number of hydrogen-bond donors (Lipinski definition) is 0. The maximum absolute atomic E-state index is 11.7. The lowest BCUT2D eigenvalue weighted by molar-refractivity contribution is -0.154. The van der Waals surface area contributed by atoms with Gasteiger partial charge < -0.3 is 14.2 Å². The molecule has 1 aromatic rings. The summed E-state index contributed by atoms with van der Waals surface area (Å²) in [4.78, 5) is 33.9. The molecule has 2 atom stereocenters. The molecule has 0 amide bonds. The van der Waals surface area contributed by atoms with Crippen LogP contribution < -0.4 is 0 Å². The second-order valence-corrected chi connectivity index (χ2v) is 6.26. The molecule has 0 N–H and O–H groups in total. The second kappa shape index (κ2) is 11.9. The first kappa shape index (κ1) is 22.4. The van der Waals surface area contributed by atoms with Crippen molar-refractivity contribution in [2.75, 3.05) is 13.2 Å². The fourth-order valence-corrected chi connectivity index (χ4v) is 2.82. The van der Waals surface area contributed by atoms with Gasteiger partial charge >= 0.3 is 17.9 Å². The van der Waals surface area contributed by atoms with Crippen molar-refractivity contribution in [3.63, 3.8) is 0 Å². The predicted molar refractivity (Wildman–Crippen MR) is 102 cm³/mol. The highest BCUT2D eigenvalue weighted by Gasteiger charge is 2.28. The quantitative estimate of drug-likeness (QED) is 0.332. The number of ether oxygens (including phenoxy) is 3. The van der Waals surface area contributed by atoms with E-state index in [2.05, 4.69) is 6.58 Å². The Morgan fingerprint density at radius 1 is 1.00 bits per heavy atom. The Morgan fingerprint density at radius 2 is 1.67 bits per heavy atom. The SMILES string of the molecule is C=Cc1ccccc1C(OC(C)=O)C(CCCCOC(C)=O)COC(C)=O. The highest BCUT2D eigenvalue weighted by molar-refractivity contribution is 5.67. The minimum absolute atomic E-state index is 0.131. The summed E-state index contributed by atoms with van der Waals surface area (Å²) in [6, 6.07) is 7.51. The normalized spacial score (nSPS) is 12.6. The van der Waals surface area contributed by atoms with Crippen LogP contribution >= 0.6 is 0 Å². The van der Waals surface area contributed by atoms with E-state index in [0.717, 1.165) is 17.5 Å². The van der Waals surface area contributed by atoms with E-state index in [0.29, 0.717) is 19.4 Å². The molecule has 148 valence electrons. The molecule has 0 radical (unpaired) electrons. The Morgan fingerprint density at radius 3 is 2.26 bits per heavy atom. The summed E-state index contributed by atoms with van der Waals surface area (Å²) in [5.74, 6) is -1.34. The molecule has 6 nitrogen and oxygen atoms in total. The zero-order valence-corrected chi connectivity index (χ0v) is 16.2. The molecule has 0 aromatic heterocycles. The van der Waals surface area contributed by atoms with Crippen LogP contribution in [0.5, 0.6) is 0 Å². The molecule has 0 heterocycles. The van der Waals surface area contributed by atoms with Crippen LogP contribution in [-0.4, -0.2) is 31.1 Å². The molecular formula is C21H28O6. The van der Waals surface area contributed by atoms with Crippen LogP contribution in [0.1, 0.15) is 57.3 Å². The van der Waals surface area contributed by atoms with Gasteiger partial charge in [-0.3, -0.25) is 14.4 Å². The van der Waals surface area contributed by atoms with Gasteiger partial charge in [-0.2, -0.15) is 0 Å². The number of carbonyl (C=O) groups is 3. The first-order valence-corrected chi connectivity index (χ1v) is 9.00. The molecule has 0 saturated heterocycles. The first-order valence-electron chi connectivity index (χ1n) is 9.00. The molecular weight excluding hydrogens is 348 g/mol. The molecule has 0 bridgehead atoms. The van der Waals surface area contributed by atoms with Gasteiger partial charge in [-0.15, -0.1) is 0 Å². The monoisotopic (exact) mass is 376 g/mol. The van der Waals surface area contributed by atoms with E-state index >= 15 is 0 Å². The molecule has 27 heavy (non-hydrogen) atoms. The summed E-state index contributed by atoms with van der Waals surface area (Å²) in [5, 5.41) is 0. The van der Waals surface area contributed by atoms with Crippen LogP contribution in [0.3, 0.4) is 0 Å². The molecule has 0 aliphatic heterocycles. The third-order valence-electron chi connectivity index (χ3n) is 4.02. The van der Waals surface area contributed by atoms with Crippen LogP contribution in [0.15, 0.2) is 30.8 Å². The summed E-state index contributed by atoms with van der Waals surface area (Å²) in [7, 11) is 0. The molecule has 0 aliphatic rings. The summed E-state index contributed by atoms with van der Waals surface area (Å²) in [6.07, 6.45) is 3.18. The largest absolute Gasteiger partial charge is 0.466 e. The number of benzene rings is 1. The standard InChI is InChI=1S/C21H28O6/c1-5-18-10-6-7-12-20(18)21(27-17(4)24)19(14-26-16(3)23)11-8-9-13-25-15(2)22/h5-7,10,12,19,21H,1,8-9,11,13-14H2,2-4H3. The van der Waals surface area contributed by atoms with Gasteiger partial charge in [0.1, 0.15) is 6.10 Å². The maximum Gasteiger partial charge on any atom is 0.303 e. The Labute approximate surface area is 160 Å². The lowest BCUT2D eigenvalue weighted by Crippen LogP contribution is -2.25. The highest BCUT2D eigenvalue weighted by Crippen LogP contribution is 2.33. The van der Waals surface area contributed by atoms with E-state index in [-0.39, 0.29) is 18.5 Å². The minimum Gasteiger partial charge on any atom is -0.466 e. The molecule has 1 aromatic carbocycles. The third kappa shape index (κ3) is 8.53. The van der Waals surface area contributed by atoms with E-state index in [1.165, 1.54) is 20.8 Å². The van der Waals surface area contributed by atoms with Crippen molar-refractivity contribution in [1.29, 1.82) is 0 Å². The molecule has 0 saturated carbocycles. The highest BCUT2D eigenvalue weighted by atomic mass is 16.6. The average molecular weight is 376 g/mol. The Kier molecular flexibility index (Phi) is 9.86. The fourth-order valence-electron chi connectivity index (χ4n) is 2.82. The molecule has 1 rings (SSSR count). The second-order valence-electron chi connectivity index (χ2n) is 6.26. The average Bonchev–Trinajstić information content (AvgIpc) is 2.61. The van der Waals surface area contributed by atoms with E-state index in [4.69, 9.17) is 14.2 Å². The van der Waals surface area contributed by atoms with Gasteiger partial charge in [0.15, 0.2) is 0 Å². The summed E-state index contributed by atoms with van der Waals surface area (Å²) >= 11 is 0. The van der Waals surface area contributed by atoms with E-state index in [9.17, 15) is 14.4 Å². The third-order valence-corrected chi connectivity index (χ3v) is 4.02. The zero-order chi connectivity index (χ0) is 20.2. The smallest absolute Gasteiger partial charge is 0.303 e. The van der Waals surface area contributed by atoms with Crippen LogP contribution in [-0.2, 0) is 28.6 Å². The van der Waals surface area contributed by atoms with E-state index < -0.39 is 18.0 Å². The zero-order valence-electron chi connectivity index (χ0n) is 16.2. The molecule has 0 fully saturated rings. The Hall–Kier alpha value is -2.63. The topological polar surface area (TPSA) is 78.9 Å². The van der Waals surface area contributed by atoms with E-state index in [1.54, 1.807) is 6.08 Å². The van der Waals surface area contributed by atoms with Crippen molar-refractivity contribution < 1.29 is 28.6 Å². The Bertz CT molecular complexity index is 652. The van der Waals surface area contributed by atoms with Gasteiger partial charge in [-0.1, -0.05) is 36.9 Å². The summed E-state index contributed by atoms with van der Waals surface area (Å²) in [5.41, 5.74) is 1.68. The van der Waals surface area contributed by atoms with Crippen molar-refractivity contribution in [1.82, 2.24) is 0 Å². The van der Waals surface area contributed by atoms with Gasteiger partial charge in [0.2, 0.25) is 0 Å². The minimum atomic E-state index is -0.565. The van der Waals surface area contributed by atoms with Crippen molar-refractivity contribution in [3.05, 3.63) is 42.0 Å². The van der Waals surface area contributed by atoms with Crippen LogP contribution in [0.2, 0.25) is 0 Å². The predicted octanol–water partition coefficient (Wildman–Crippen LogP) is 3.85. The van der Waals surface area contributed by atoms with Gasteiger partial charge in [0.25, 0.3) is 0 Å². The molecule has 6 heteroatoms. The van der Waals surface area contributed by atoms with Crippen molar-refractivity contribution >= 4 is 24.0 Å². The fraction of sp³-hybridized carbons (Fsp3) is 0.476. The number of hydrogen-bond acceptors (Lipinski definition) is 6. The van der Waals surface area contributed by atoms with Crippen molar-refractivity contribution in [2.45, 2.75) is 46.1 Å². The van der Waals surface area contributed by atoms with Crippen molar-refractivity contribution in [2.24, 2.45) is 5.92 Å². The number of rotatable bonds is 11.